The van der Waals surface area contributed by atoms with Gasteiger partial charge in [0.1, 0.15) is 5.75 Å². The first-order chi connectivity index (χ1) is 9.16. The van der Waals surface area contributed by atoms with Crippen LogP contribution in [0.5, 0.6) is 5.75 Å². The molecule has 0 unspecified atom stereocenters. The number of phenols is 1. The molecule has 5 heteroatoms. The number of carbonyl (C=O) groups excluding carboxylic acids is 1. The van der Waals surface area contributed by atoms with E-state index in [1.807, 2.05) is 0 Å². The summed E-state index contributed by atoms with van der Waals surface area (Å²) >= 11 is 0. The maximum Gasteiger partial charge on any atom is 0.253 e. The fourth-order valence-electron chi connectivity index (χ4n) is 2.35. The molecule has 19 heavy (non-hydrogen) atoms. The molecule has 4 N–H and O–H groups in total. The van der Waals surface area contributed by atoms with Crippen molar-refractivity contribution in [2.45, 2.75) is 19.3 Å². The Labute approximate surface area is 113 Å². The highest BCUT2D eigenvalue weighted by Gasteiger charge is 2.12. The summed E-state index contributed by atoms with van der Waals surface area (Å²) in [4.78, 5) is 14.3. The molecule has 1 aromatic carbocycles. The highest BCUT2D eigenvalue weighted by molar-refractivity contribution is 5.99. The molecule has 2 rings (SSSR count). The zero-order valence-corrected chi connectivity index (χ0v) is 11.1. The number of hydrogen-bond acceptors (Lipinski definition) is 4. The van der Waals surface area contributed by atoms with Gasteiger partial charge in [0, 0.05) is 12.2 Å². The van der Waals surface area contributed by atoms with Gasteiger partial charge >= 0.3 is 0 Å². The Morgan fingerprint density at radius 1 is 1.37 bits per heavy atom. The molecule has 1 fully saturated rings. The largest absolute Gasteiger partial charge is 0.508 e. The van der Waals surface area contributed by atoms with Gasteiger partial charge in [-0.2, -0.15) is 0 Å². The Bertz CT molecular complexity index is 442. The number of aromatic hydroxyl groups is 1. The Balaban J connectivity index is 1.75. The second kappa shape index (κ2) is 6.43. The third-order valence-electron chi connectivity index (χ3n) is 3.42. The number of nitrogens with zero attached hydrogens (tertiary/aromatic N) is 1. The molecule has 1 aliphatic heterocycles. The molecule has 104 valence electrons. The van der Waals surface area contributed by atoms with Gasteiger partial charge in [-0.3, -0.25) is 4.79 Å². The highest BCUT2D eigenvalue weighted by Crippen LogP contribution is 2.18. The zero-order valence-electron chi connectivity index (χ0n) is 11.1. The van der Waals surface area contributed by atoms with Crippen LogP contribution in [-0.2, 0) is 0 Å². The van der Waals surface area contributed by atoms with E-state index in [1.54, 1.807) is 0 Å². The summed E-state index contributed by atoms with van der Waals surface area (Å²) in [6.07, 6.45) is 3.50. The van der Waals surface area contributed by atoms with Crippen molar-refractivity contribution in [3.05, 3.63) is 23.8 Å². The summed E-state index contributed by atoms with van der Waals surface area (Å²) in [6.45, 7) is 4.00. The van der Waals surface area contributed by atoms with Crippen LogP contribution in [-0.4, -0.2) is 42.1 Å². The SMILES string of the molecule is Nc1ccc(O)cc1C(=O)NCCCN1CCCC1. The van der Waals surface area contributed by atoms with Crippen molar-refractivity contribution in [2.75, 3.05) is 31.9 Å². The summed E-state index contributed by atoms with van der Waals surface area (Å²) in [7, 11) is 0. The van der Waals surface area contributed by atoms with Crippen LogP contribution in [0.2, 0.25) is 0 Å². The van der Waals surface area contributed by atoms with Crippen LogP contribution < -0.4 is 11.1 Å². The standard InChI is InChI=1S/C14H21N3O2/c15-13-5-4-11(18)10-12(13)14(19)16-6-3-9-17-7-1-2-8-17/h4-5,10,18H,1-3,6-9,15H2,(H,16,19). The van der Waals surface area contributed by atoms with Gasteiger partial charge in [0.15, 0.2) is 0 Å². The minimum Gasteiger partial charge on any atom is -0.508 e. The third kappa shape index (κ3) is 3.86. The first-order valence-corrected chi connectivity index (χ1v) is 6.76. The number of benzene rings is 1. The Kier molecular flexibility index (Phi) is 4.63. The summed E-state index contributed by atoms with van der Waals surface area (Å²) in [5.41, 5.74) is 6.43. The highest BCUT2D eigenvalue weighted by atomic mass is 16.3. The second-order valence-electron chi connectivity index (χ2n) is 4.93. The molecule has 0 spiro atoms. The van der Waals surface area contributed by atoms with Crippen LogP contribution in [0.15, 0.2) is 18.2 Å². The quantitative estimate of drug-likeness (QED) is 0.423. The Hall–Kier alpha value is -1.75. The van der Waals surface area contributed by atoms with E-state index in [1.165, 1.54) is 44.1 Å². The van der Waals surface area contributed by atoms with Crippen LogP contribution in [0.1, 0.15) is 29.6 Å². The van der Waals surface area contributed by atoms with Crippen molar-refractivity contribution in [3.63, 3.8) is 0 Å². The molecule has 5 nitrogen and oxygen atoms in total. The number of nitrogens with two attached hydrogens (primary N) is 1. The van der Waals surface area contributed by atoms with Gasteiger partial charge in [-0.25, -0.2) is 0 Å². The van der Waals surface area contributed by atoms with Crippen LogP contribution >= 0.6 is 0 Å². The lowest BCUT2D eigenvalue weighted by molar-refractivity contribution is 0.0952. The molecule has 1 saturated heterocycles. The van der Waals surface area contributed by atoms with E-state index in [9.17, 15) is 9.90 Å². The fourth-order valence-corrected chi connectivity index (χ4v) is 2.35. The molecule has 0 aliphatic carbocycles. The minimum atomic E-state index is -0.227. The summed E-state index contributed by atoms with van der Waals surface area (Å²) < 4.78 is 0. The molecule has 0 aromatic heterocycles. The lowest BCUT2D eigenvalue weighted by atomic mass is 10.1. The molecule has 0 atom stereocenters. The predicted molar refractivity (Wildman–Crippen MR) is 75.1 cm³/mol. The molecule has 0 bridgehead atoms. The lowest BCUT2D eigenvalue weighted by Crippen LogP contribution is -2.29. The first-order valence-electron chi connectivity index (χ1n) is 6.76. The average Bonchev–Trinajstić information content (AvgIpc) is 2.90. The van der Waals surface area contributed by atoms with Gasteiger partial charge in [-0.05, 0) is 57.1 Å². The summed E-state index contributed by atoms with van der Waals surface area (Å²) in [5, 5.41) is 12.2. The number of nitrogens with one attached hydrogen (secondary N) is 1. The maximum atomic E-state index is 11.9. The van der Waals surface area contributed by atoms with E-state index in [0.29, 0.717) is 17.8 Å². The Morgan fingerprint density at radius 2 is 2.11 bits per heavy atom. The number of hydrogen-bond donors (Lipinski definition) is 3. The predicted octanol–water partition coefficient (Wildman–Crippen LogP) is 1.19. The van der Waals surface area contributed by atoms with Crippen molar-refractivity contribution in [1.29, 1.82) is 0 Å². The number of amides is 1. The smallest absolute Gasteiger partial charge is 0.253 e. The second-order valence-corrected chi connectivity index (χ2v) is 4.93. The average molecular weight is 263 g/mol. The van der Waals surface area contributed by atoms with Crippen LogP contribution in [0.4, 0.5) is 5.69 Å². The molecular weight excluding hydrogens is 242 g/mol. The number of nitrogen functional groups attached to an aromatic ring is 1. The monoisotopic (exact) mass is 263 g/mol. The zero-order chi connectivity index (χ0) is 13.7. The number of phenolic OH excluding ortho intramolecular Hbond substituents is 1. The van der Waals surface area contributed by atoms with Crippen LogP contribution in [0.25, 0.3) is 0 Å². The van der Waals surface area contributed by atoms with E-state index in [0.717, 1.165) is 13.0 Å². The van der Waals surface area contributed by atoms with Crippen molar-refractivity contribution in [3.8, 4) is 5.75 Å². The molecule has 1 amide bonds. The molecule has 1 aliphatic rings. The number of anilines is 1. The van der Waals surface area contributed by atoms with Gasteiger partial charge in [0.05, 0.1) is 5.56 Å². The van der Waals surface area contributed by atoms with Gasteiger partial charge in [-0.1, -0.05) is 0 Å². The van der Waals surface area contributed by atoms with E-state index >= 15 is 0 Å². The van der Waals surface area contributed by atoms with Crippen LogP contribution in [0, 0.1) is 0 Å². The van der Waals surface area contributed by atoms with Crippen molar-refractivity contribution < 1.29 is 9.90 Å². The molecule has 1 heterocycles. The maximum absolute atomic E-state index is 11.9. The van der Waals surface area contributed by atoms with Crippen molar-refractivity contribution in [1.82, 2.24) is 10.2 Å². The van der Waals surface area contributed by atoms with E-state index in [-0.39, 0.29) is 11.7 Å². The first kappa shape index (κ1) is 13.7. The number of rotatable bonds is 5. The van der Waals surface area contributed by atoms with E-state index in [4.69, 9.17) is 5.73 Å². The van der Waals surface area contributed by atoms with E-state index in [2.05, 4.69) is 10.2 Å². The molecule has 1 aromatic rings. The lowest BCUT2D eigenvalue weighted by Gasteiger charge is -2.14. The van der Waals surface area contributed by atoms with Crippen LogP contribution in [0.3, 0.4) is 0 Å². The minimum absolute atomic E-state index is 0.0522. The summed E-state index contributed by atoms with van der Waals surface area (Å²) in [5.74, 6) is -0.175. The number of carbonyl (C=O) groups is 1. The van der Waals surface area contributed by atoms with Gasteiger partial charge in [0.25, 0.3) is 5.91 Å². The van der Waals surface area contributed by atoms with Crippen molar-refractivity contribution in [2.24, 2.45) is 0 Å². The third-order valence-corrected chi connectivity index (χ3v) is 3.42. The van der Waals surface area contributed by atoms with E-state index < -0.39 is 0 Å². The Morgan fingerprint density at radius 3 is 2.84 bits per heavy atom. The molecule has 0 saturated carbocycles. The summed E-state index contributed by atoms with van der Waals surface area (Å²) in [6, 6.07) is 4.40. The molecule has 0 radical (unpaired) electrons. The fraction of sp³-hybridized carbons (Fsp3) is 0.500. The van der Waals surface area contributed by atoms with Gasteiger partial charge in [-0.15, -0.1) is 0 Å². The number of likely N-dealkylation sites (tertiary alicyclic amines) is 1. The van der Waals surface area contributed by atoms with Gasteiger partial charge in [0.2, 0.25) is 0 Å². The molecular formula is C14H21N3O2. The van der Waals surface area contributed by atoms with Crippen molar-refractivity contribution >= 4 is 11.6 Å². The normalized spacial score (nSPS) is 15.6. The topological polar surface area (TPSA) is 78.6 Å². The van der Waals surface area contributed by atoms with Gasteiger partial charge < -0.3 is 21.1 Å².